The molecule has 2 aromatic rings. The first-order valence-electron chi connectivity index (χ1n) is 3.92. The number of aryl methyl sites for hydroxylation is 1. The molecule has 0 fully saturated rings. The van der Waals surface area contributed by atoms with Crippen LogP contribution in [0.2, 0.25) is 0 Å². The highest BCUT2D eigenvalue weighted by atomic mass is 127. The lowest BCUT2D eigenvalue weighted by Gasteiger charge is -1.97. The van der Waals surface area contributed by atoms with E-state index < -0.39 is 0 Å². The second-order valence-corrected chi connectivity index (χ2v) is 3.93. The van der Waals surface area contributed by atoms with Gasteiger partial charge >= 0.3 is 0 Å². The predicted molar refractivity (Wildman–Crippen MR) is 57.1 cm³/mol. The SMILES string of the molecule is Cc1noc(-c2cc(F)ccc2I)n1. The van der Waals surface area contributed by atoms with Crippen molar-refractivity contribution in [1.29, 1.82) is 0 Å². The van der Waals surface area contributed by atoms with E-state index in [0.717, 1.165) is 3.57 Å². The van der Waals surface area contributed by atoms with Crippen LogP contribution in [0.25, 0.3) is 11.5 Å². The predicted octanol–water partition coefficient (Wildman–Crippen LogP) is 2.79. The van der Waals surface area contributed by atoms with E-state index in [4.69, 9.17) is 4.52 Å². The Kier molecular flexibility index (Phi) is 2.49. The number of rotatable bonds is 1. The van der Waals surface area contributed by atoms with Crippen molar-refractivity contribution in [1.82, 2.24) is 10.1 Å². The zero-order chi connectivity index (χ0) is 10.1. The lowest BCUT2D eigenvalue weighted by atomic mass is 10.2. The number of aromatic nitrogens is 2. The Hall–Kier alpha value is -0.980. The van der Waals surface area contributed by atoms with Crippen LogP contribution in [0.5, 0.6) is 0 Å². The number of hydrogen-bond donors (Lipinski definition) is 0. The maximum Gasteiger partial charge on any atom is 0.259 e. The molecular formula is C9H6FIN2O. The van der Waals surface area contributed by atoms with Crippen LogP contribution in [-0.2, 0) is 0 Å². The van der Waals surface area contributed by atoms with Crippen LogP contribution in [0, 0.1) is 16.3 Å². The summed E-state index contributed by atoms with van der Waals surface area (Å²) in [6.45, 7) is 1.72. The van der Waals surface area contributed by atoms with E-state index in [0.29, 0.717) is 17.3 Å². The van der Waals surface area contributed by atoms with E-state index in [-0.39, 0.29) is 5.82 Å². The highest BCUT2D eigenvalue weighted by molar-refractivity contribution is 14.1. The lowest BCUT2D eigenvalue weighted by molar-refractivity contribution is 0.425. The lowest BCUT2D eigenvalue weighted by Crippen LogP contribution is -1.85. The smallest absolute Gasteiger partial charge is 0.259 e. The topological polar surface area (TPSA) is 38.9 Å². The van der Waals surface area contributed by atoms with Gasteiger partial charge in [0.15, 0.2) is 5.82 Å². The fourth-order valence-electron chi connectivity index (χ4n) is 1.07. The molecule has 0 unspecified atom stereocenters. The Bertz CT molecular complexity index is 470. The highest BCUT2D eigenvalue weighted by Crippen LogP contribution is 2.24. The van der Waals surface area contributed by atoms with Crippen LogP contribution >= 0.6 is 22.6 Å². The number of halogens is 2. The van der Waals surface area contributed by atoms with Gasteiger partial charge in [-0.15, -0.1) is 0 Å². The molecule has 3 nitrogen and oxygen atoms in total. The summed E-state index contributed by atoms with van der Waals surface area (Å²) in [5.74, 6) is 0.586. The van der Waals surface area contributed by atoms with Gasteiger partial charge in [-0.05, 0) is 47.7 Å². The van der Waals surface area contributed by atoms with Crippen LogP contribution in [-0.4, -0.2) is 10.1 Å². The first-order valence-corrected chi connectivity index (χ1v) is 5.00. The van der Waals surface area contributed by atoms with E-state index in [1.807, 2.05) is 0 Å². The first-order chi connectivity index (χ1) is 6.66. The normalized spacial score (nSPS) is 10.5. The average molecular weight is 304 g/mol. The minimum absolute atomic E-state index is 0.309. The third kappa shape index (κ3) is 1.77. The quantitative estimate of drug-likeness (QED) is 0.761. The summed E-state index contributed by atoms with van der Waals surface area (Å²) in [6.07, 6.45) is 0. The van der Waals surface area contributed by atoms with Gasteiger partial charge < -0.3 is 4.52 Å². The van der Waals surface area contributed by atoms with Crippen molar-refractivity contribution in [3.63, 3.8) is 0 Å². The number of hydrogen-bond acceptors (Lipinski definition) is 3. The monoisotopic (exact) mass is 304 g/mol. The molecule has 5 heteroatoms. The summed E-state index contributed by atoms with van der Waals surface area (Å²) >= 11 is 2.10. The van der Waals surface area contributed by atoms with Crippen molar-refractivity contribution in [2.75, 3.05) is 0 Å². The summed E-state index contributed by atoms with van der Waals surface area (Å²) in [4.78, 5) is 4.03. The molecule has 72 valence electrons. The standard InChI is InChI=1S/C9H6FIN2O/c1-5-12-9(14-13-5)7-4-6(10)2-3-8(7)11/h2-4H,1H3. The minimum Gasteiger partial charge on any atom is -0.334 e. The van der Waals surface area contributed by atoms with Gasteiger partial charge in [0.05, 0.1) is 5.56 Å². The molecule has 0 aliphatic rings. The molecule has 0 spiro atoms. The molecule has 0 N–H and O–H groups in total. The molecule has 0 aliphatic carbocycles. The summed E-state index contributed by atoms with van der Waals surface area (Å²) < 4.78 is 18.8. The molecule has 0 saturated heterocycles. The van der Waals surface area contributed by atoms with E-state index in [1.54, 1.807) is 13.0 Å². The maximum atomic E-state index is 12.9. The molecule has 0 atom stereocenters. The zero-order valence-electron chi connectivity index (χ0n) is 7.29. The van der Waals surface area contributed by atoms with Crippen LogP contribution in [0.1, 0.15) is 5.82 Å². The van der Waals surface area contributed by atoms with Crippen LogP contribution in [0.15, 0.2) is 22.7 Å². The van der Waals surface area contributed by atoms with Crippen molar-refractivity contribution < 1.29 is 8.91 Å². The van der Waals surface area contributed by atoms with Gasteiger partial charge in [-0.25, -0.2) is 4.39 Å². The fraction of sp³-hybridized carbons (Fsp3) is 0.111. The van der Waals surface area contributed by atoms with Gasteiger partial charge in [-0.2, -0.15) is 4.98 Å². The molecule has 1 aromatic heterocycles. The average Bonchev–Trinajstić information content (AvgIpc) is 2.56. The van der Waals surface area contributed by atoms with Crippen molar-refractivity contribution >= 4 is 22.6 Å². The highest BCUT2D eigenvalue weighted by Gasteiger charge is 2.10. The zero-order valence-corrected chi connectivity index (χ0v) is 9.45. The Morgan fingerprint density at radius 3 is 2.86 bits per heavy atom. The Balaban J connectivity index is 2.55. The summed E-state index contributed by atoms with van der Waals surface area (Å²) in [5.41, 5.74) is 0.631. The number of benzene rings is 1. The Morgan fingerprint density at radius 1 is 1.43 bits per heavy atom. The van der Waals surface area contributed by atoms with Gasteiger partial charge in [-0.3, -0.25) is 0 Å². The Morgan fingerprint density at radius 2 is 2.21 bits per heavy atom. The van der Waals surface area contributed by atoms with Crippen LogP contribution in [0.4, 0.5) is 4.39 Å². The van der Waals surface area contributed by atoms with Crippen molar-refractivity contribution in [3.05, 3.63) is 33.4 Å². The third-order valence-electron chi connectivity index (χ3n) is 1.69. The molecule has 14 heavy (non-hydrogen) atoms. The molecule has 0 amide bonds. The van der Waals surface area contributed by atoms with Crippen LogP contribution < -0.4 is 0 Å². The van der Waals surface area contributed by atoms with Crippen molar-refractivity contribution in [3.8, 4) is 11.5 Å². The first kappa shape index (κ1) is 9.57. The van der Waals surface area contributed by atoms with Gasteiger partial charge in [0.1, 0.15) is 5.82 Å². The molecule has 2 rings (SSSR count). The molecule has 0 bridgehead atoms. The molecule has 0 aliphatic heterocycles. The largest absolute Gasteiger partial charge is 0.334 e. The summed E-state index contributed by atoms with van der Waals surface area (Å²) in [5, 5.41) is 3.65. The fourth-order valence-corrected chi connectivity index (χ4v) is 1.63. The number of nitrogens with zero attached hydrogens (tertiary/aromatic N) is 2. The van der Waals surface area contributed by atoms with Gasteiger partial charge in [0, 0.05) is 3.57 Å². The molecule has 0 radical (unpaired) electrons. The third-order valence-corrected chi connectivity index (χ3v) is 2.63. The van der Waals surface area contributed by atoms with E-state index in [9.17, 15) is 4.39 Å². The van der Waals surface area contributed by atoms with E-state index in [1.165, 1.54) is 12.1 Å². The molecular weight excluding hydrogens is 298 g/mol. The van der Waals surface area contributed by atoms with Gasteiger partial charge in [0.25, 0.3) is 5.89 Å². The summed E-state index contributed by atoms with van der Waals surface area (Å²) in [6, 6.07) is 4.45. The van der Waals surface area contributed by atoms with Crippen molar-refractivity contribution in [2.24, 2.45) is 0 Å². The molecule has 1 aromatic carbocycles. The molecule has 1 heterocycles. The van der Waals surface area contributed by atoms with Crippen LogP contribution in [0.3, 0.4) is 0 Å². The molecule has 0 saturated carbocycles. The van der Waals surface area contributed by atoms with E-state index in [2.05, 4.69) is 32.7 Å². The Labute approximate surface area is 93.5 Å². The second-order valence-electron chi connectivity index (χ2n) is 2.77. The van der Waals surface area contributed by atoms with Gasteiger partial charge in [-0.1, -0.05) is 5.16 Å². The summed E-state index contributed by atoms with van der Waals surface area (Å²) in [7, 11) is 0. The van der Waals surface area contributed by atoms with Gasteiger partial charge in [0.2, 0.25) is 0 Å². The maximum absolute atomic E-state index is 12.9. The van der Waals surface area contributed by atoms with Crippen molar-refractivity contribution in [2.45, 2.75) is 6.92 Å². The minimum atomic E-state index is -0.309. The second kappa shape index (κ2) is 3.64. The van der Waals surface area contributed by atoms with E-state index >= 15 is 0 Å².